The molecule has 0 spiro atoms. The number of nitrogens with zero attached hydrogens (tertiary/aromatic N) is 2. The summed E-state index contributed by atoms with van der Waals surface area (Å²) in [5.74, 6) is -0.707. The molecule has 0 fully saturated rings. The Hall–Kier alpha value is -1.67. The van der Waals surface area contributed by atoms with E-state index in [1.54, 1.807) is 0 Å². The molecule has 212 valence electrons. The summed E-state index contributed by atoms with van der Waals surface area (Å²) in [6.45, 7) is 9.08. The predicted molar refractivity (Wildman–Crippen MR) is 143 cm³/mol. The Labute approximate surface area is 220 Å². The monoisotopic (exact) mass is 514 g/mol. The van der Waals surface area contributed by atoms with Crippen molar-refractivity contribution >= 4 is 17.9 Å². The lowest BCUT2D eigenvalue weighted by molar-refractivity contribution is -0.149. The van der Waals surface area contributed by atoms with Gasteiger partial charge in [-0.25, -0.2) is 10.0 Å². The van der Waals surface area contributed by atoms with E-state index in [-0.39, 0.29) is 37.2 Å². The van der Waals surface area contributed by atoms with Crippen molar-refractivity contribution in [3.8, 4) is 0 Å². The zero-order valence-corrected chi connectivity index (χ0v) is 23.7. The molecular formula is C28H54N2O6. The van der Waals surface area contributed by atoms with Gasteiger partial charge in [-0.3, -0.25) is 14.4 Å². The maximum Gasteiger partial charge on any atom is 0.307 e. The van der Waals surface area contributed by atoms with Gasteiger partial charge in [-0.1, -0.05) is 78.6 Å². The van der Waals surface area contributed by atoms with E-state index in [9.17, 15) is 14.4 Å². The van der Waals surface area contributed by atoms with Crippen molar-refractivity contribution in [1.29, 1.82) is 0 Å². The Morgan fingerprint density at radius 2 is 0.833 bits per heavy atom. The third kappa shape index (κ3) is 21.6. The molecule has 0 amide bonds. The normalized spacial score (nSPS) is 11.2. The van der Waals surface area contributed by atoms with Crippen LogP contribution in [-0.4, -0.2) is 74.4 Å². The first-order valence-electron chi connectivity index (χ1n) is 14.4. The third-order valence-electron chi connectivity index (χ3n) is 6.05. The first-order valence-corrected chi connectivity index (χ1v) is 14.4. The van der Waals surface area contributed by atoms with Gasteiger partial charge in [0.1, 0.15) is 0 Å². The van der Waals surface area contributed by atoms with Crippen LogP contribution in [0.2, 0.25) is 0 Å². The molecule has 36 heavy (non-hydrogen) atoms. The van der Waals surface area contributed by atoms with E-state index in [2.05, 4.69) is 20.8 Å². The number of esters is 3. The van der Waals surface area contributed by atoms with E-state index in [1.165, 1.54) is 0 Å². The Kier molecular flexibility index (Phi) is 23.8. The molecule has 8 heteroatoms. The Morgan fingerprint density at radius 1 is 0.500 bits per heavy atom. The van der Waals surface area contributed by atoms with Crippen LogP contribution < -0.4 is 0 Å². The smallest absolute Gasteiger partial charge is 0.307 e. The Bertz CT molecular complexity index is 528. The lowest BCUT2D eigenvalue weighted by atomic mass is 10.2. The Balaban J connectivity index is 4.52. The molecule has 0 aliphatic rings. The highest BCUT2D eigenvalue weighted by Crippen LogP contribution is 2.06. The average Bonchev–Trinajstić information content (AvgIpc) is 2.86. The van der Waals surface area contributed by atoms with Crippen molar-refractivity contribution in [2.24, 2.45) is 0 Å². The number of hydrazine groups is 1. The van der Waals surface area contributed by atoms with Crippen molar-refractivity contribution in [3.05, 3.63) is 0 Å². The quantitative estimate of drug-likeness (QED) is 0.0666. The number of hydrogen-bond donors (Lipinski definition) is 0. The number of carbonyl (C=O) groups is 3. The molecule has 0 atom stereocenters. The summed E-state index contributed by atoms with van der Waals surface area (Å²) >= 11 is 0. The minimum atomic E-state index is -0.241. The molecular weight excluding hydrogens is 460 g/mol. The fraction of sp³-hybridized carbons (Fsp3) is 0.893. The van der Waals surface area contributed by atoms with Gasteiger partial charge in [-0.05, 0) is 19.3 Å². The summed E-state index contributed by atoms with van der Waals surface area (Å²) < 4.78 is 16.0. The molecule has 0 heterocycles. The van der Waals surface area contributed by atoms with Gasteiger partial charge >= 0.3 is 17.9 Å². The second kappa shape index (κ2) is 25.0. The summed E-state index contributed by atoms with van der Waals surface area (Å²) in [6, 6.07) is 0. The van der Waals surface area contributed by atoms with E-state index in [1.807, 2.05) is 17.1 Å². The molecule has 0 N–H and O–H groups in total. The first-order chi connectivity index (χ1) is 17.4. The molecule has 0 saturated carbocycles. The van der Waals surface area contributed by atoms with Crippen LogP contribution in [0.25, 0.3) is 0 Å². The van der Waals surface area contributed by atoms with Crippen LogP contribution in [0.4, 0.5) is 0 Å². The molecule has 0 aromatic heterocycles. The van der Waals surface area contributed by atoms with Gasteiger partial charge in [-0.15, -0.1) is 0 Å². The van der Waals surface area contributed by atoms with Crippen molar-refractivity contribution in [2.45, 2.75) is 117 Å². The lowest BCUT2D eigenvalue weighted by Crippen LogP contribution is -2.43. The van der Waals surface area contributed by atoms with Crippen LogP contribution in [0.3, 0.4) is 0 Å². The molecule has 0 aromatic rings. The Morgan fingerprint density at radius 3 is 1.17 bits per heavy atom. The fourth-order valence-electron chi connectivity index (χ4n) is 3.65. The van der Waals surface area contributed by atoms with E-state index >= 15 is 0 Å². The molecule has 0 unspecified atom stereocenters. The molecule has 0 saturated heterocycles. The highest BCUT2D eigenvalue weighted by molar-refractivity contribution is 5.70. The summed E-state index contributed by atoms with van der Waals surface area (Å²) in [4.78, 5) is 36.5. The minimum absolute atomic E-state index is 0.226. The summed E-state index contributed by atoms with van der Waals surface area (Å²) in [5, 5.41) is 3.81. The third-order valence-corrected chi connectivity index (χ3v) is 6.05. The van der Waals surface area contributed by atoms with Gasteiger partial charge in [0, 0.05) is 26.7 Å². The van der Waals surface area contributed by atoms with Crippen molar-refractivity contribution < 1.29 is 28.6 Å². The van der Waals surface area contributed by atoms with Crippen LogP contribution in [0.15, 0.2) is 0 Å². The molecule has 0 aromatic carbocycles. The highest BCUT2D eigenvalue weighted by Gasteiger charge is 2.17. The maximum atomic E-state index is 12.2. The van der Waals surface area contributed by atoms with Crippen molar-refractivity contribution in [2.75, 3.05) is 46.5 Å². The molecule has 0 aliphatic heterocycles. The molecule has 8 nitrogen and oxygen atoms in total. The average molecular weight is 515 g/mol. The van der Waals surface area contributed by atoms with Crippen LogP contribution in [0, 0.1) is 0 Å². The molecule has 0 bridgehead atoms. The number of carbonyl (C=O) groups excluding carboxylic acids is 3. The van der Waals surface area contributed by atoms with E-state index in [0.29, 0.717) is 39.5 Å². The highest BCUT2D eigenvalue weighted by atomic mass is 16.5. The van der Waals surface area contributed by atoms with E-state index < -0.39 is 0 Å². The first kappa shape index (κ1) is 34.3. The standard InChI is InChI=1S/C28H54N2O6/c1-5-8-11-14-23-34-26(31)17-20-29(4)30(21-18-27(32)35-24-15-12-9-6-2)22-19-28(33)36-25-16-13-10-7-3/h5-25H2,1-4H3. The van der Waals surface area contributed by atoms with Gasteiger partial charge in [-0.2, -0.15) is 0 Å². The van der Waals surface area contributed by atoms with E-state index in [4.69, 9.17) is 14.2 Å². The van der Waals surface area contributed by atoms with E-state index in [0.717, 1.165) is 77.0 Å². The van der Waals surface area contributed by atoms with Crippen LogP contribution in [-0.2, 0) is 28.6 Å². The molecule has 0 radical (unpaired) electrons. The minimum Gasteiger partial charge on any atom is -0.466 e. The summed E-state index contributed by atoms with van der Waals surface area (Å²) in [7, 11) is 1.86. The number of unbranched alkanes of at least 4 members (excludes halogenated alkanes) is 9. The van der Waals surface area contributed by atoms with Gasteiger partial charge in [0.05, 0.1) is 39.1 Å². The second-order valence-electron chi connectivity index (χ2n) is 9.43. The molecule has 0 aliphatic carbocycles. The molecule has 0 rings (SSSR count). The number of ether oxygens (including phenoxy) is 3. The number of rotatable bonds is 25. The summed E-state index contributed by atoms with van der Waals surface area (Å²) in [5.41, 5.74) is 0. The predicted octanol–water partition coefficient (Wildman–Crippen LogP) is 5.68. The lowest BCUT2D eigenvalue weighted by Gasteiger charge is -2.31. The van der Waals surface area contributed by atoms with Crippen LogP contribution in [0.5, 0.6) is 0 Å². The zero-order chi connectivity index (χ0) is 26.9. The largest absolute Gasteiger partial charge is 0.466 e. The second-order valence-corrected chi connectivity index (χ2v) is 9.43. The van der Waals surface area contributed by atoms with Crippen LogP contribution >= 0.6 is 0 Å². The van der Waals surface area contributed by atoms with Gasteiger partial charge in [0.15, 0.2) is 0 Å². The SMILES string of the molecule is CCCCCCOC(=O)CCN(C)N(CCC(=O)OCCCCCC)CCC(=O)OCCCCCC. The van der Waals surface area contributed by atoms with Gasteiger partial charge < -0.3 is 14.2 Å². The van der Waals surface area contributed by atoms with Crippen molar-refractivity contribution in [1.82, 2.24) is 10.0 Å². The summed E-state index contributed by atoms with van der Waals surface area (Å²) in [6.07, 6.45) is 13.4. The maximum absolute atomic E-state index is 12.2. The topological polar surface area (TPSA) is 85.4 Å². The van der Waals surface area contributed by atoms with Gasteiger partial charge in [0.25, 0.3) is 0 Å². The van der Waals surface area contributed by atoms with Crippen molar-refractivity contribution in [3.63, 3.8) is 0 Å². The number of hydrogen-bond acceptors (Lipinski definition) is 8. The zero-order valence-electron chi connectivity index (χ0n) is 23.7. The van der Waals surface area contributed by atoms with Crippen LogP contribution in [0.1, 0.15) is 117 Å². The fourth-order valence-corrected chi connectivity index (χ4v) is 3.65. The van der Waals surface area contributed by atoms with Gasteiger partial charge in [0.2, 0.25) is 0 Å².